The third-order valence-corrected chi connectivity index (χ3v) is 3.96. The number of benzene rings is 2. The Morgan fingerprint density at radius 1 is 1.00 bits per heavy atom. The maximum atomic E-state index is 12.7. The van der Waals surface area contributed by atoms with Crippen molar-refractivity contribution in [3.63, 3.8) is 0 Å². The fraction of sp³-hybridized carbons (Fsp3) is 0.158. The highest BCUT2D eigenvalue weighted by Crippen LogP contribution is 2.24. The number of hydrogen-bond donors (Lipinski definition) is 1. The molecule has 1 aliphatic heterocycles. The molecule has 2 aromatic carbocycles. The number of aliphatic imine (C=N–C) groups is 1. The maximum absolute atomic E-state index is 12.7. The van der Waals surface area contributed by atoms with E-state index in [-0.39, 0.29) is 0 Å². The van der Waals surface area contributed by atoms with Gasteiger partial charge in [0.15, 0.2) is 5.92 Å². The van der Waals surface area contributed by atoms with Crippen molar-refractivity contribution in [2.75, 3.05) is 19.1 Å². The van der Waals surface area contributed by atoms with Gasteiger partial charge in [-0.2, -0.15) is 0 Å². The fourth-order valence-corrected chi connectivity index (χ4v) is 2.55. The highest BCUT2D eigenvalue weighted by molar-refractivity contribution is 6.32. The summed E-state index contributed by atoms with van der Waals surface area (Å²) in [6.07, 6.45) is 1.22. The number of nitrogens with one attached hydrogen (secondary N) is 1. The molecule has 0 aromatic heterocycles. The Kier molecular flexibility index (Phi) is 5.16. The number of amides is 4. The molecule has 0 saturated carbocycles. The molecular weight excluding hydrogens is 350 g/mol. The van der Waals surface area contributed by atoms with E-state index in [0.717, 1.165) is 4.90 Å². The summed E-state index contributed by atoms with van der Waals surface area (Å²) in [6, 6.07) is 12.4. The number of nitrogens with zero attached hydrogens (tertiary/aromatic N) is 2. The van der Waals surface area contributed by atoms with Crippen molar-refractivity contribution in [1.82, 2.24) is 5.32 Å². The first-order valence-corrected chi connectivity index (χ1v) is 8.04. The Hall–Kier alpha value is -3.68. The van der Waals surface area contributed by atoms with E-state index in [4.69, 9.17) is 9.47 Å². The van der Waals surface area contributed by atoms with Crippen LogP contribution in [-0.2, 0) is 9.59 Å². The molecule has 2 aromatic rings. The standard InChI is InChI=1S/C19H17N3O5/c1-26-14-8-6-13(7-9-14)22-18(24)16(17(23)21-19(22)25)11-20-12-4-3-5-15(10-12)27-2/h3-11,16H,1-2H3,(H,21,23,25)/t16-/m1/s1. The topological polar surface area (TPSA) is 97.3 Å². The van der Waals surface area contributed by atoms with Crippen molar-refractivity contribution in [1.29, 1.82) is 0 Å². The van der Waals surface area contributed by atoms with Crippen molar-refractivity contribution >= 4 is 35.4 Å². The zero-order valence-corrected chi connectivity index (χ0v) is 14.7. The van der Waals surface area contributed by atoms with E-state index in [0.29, 0.717) is 22.9 Å². The summed E-state index contributed by atoms with van der Waals surface area (Å²) < 4.78 is 10.2. The van der Waals surface area contributed by atoms with Gasteiger partial charge in [0.1, 0.15) is 11.5 Å². The van der Waals surface area contributed by atoms with E-state index in [2.05, 4.69) is 10.3 Å². The minimum atomic E-state index is -1.23. The molecule has 3 rings (SSSR count). The van der Waals surface area contributed by atoms with Crippen LogP contribution in [0.4, 0.5) is 16.2 Å². The van der Waals surface area contributed by atoms with Gasteiger partial charge in [-0.1, -0.05) is 6.07 Å². The fourth-order valence-electron chi connectivity index (χ4n) is 2.55. The van der Waals surface area contributed by atoms with Crippen molar-refractivity contribution in [3.8, 4) is 11.5 Å². The van der Waals surface area contributed by atoms with Crippen LogP contribution in [0.1, 0.15) is 0 Å². The number of carbonyl (C=O) groups excluding carboxylic acids is 3. The lowest BCUT2D eigenvalue weighted by Gasteiger charge is -2.28. The SMILES string of the molecule is COc1ccc(N2C(=O)NC(=O)[C@@H](C=Nc3cccc(OC)c3)C2=O)cc1. The second kappa shape index (κ2) is 7.69. The first kappa shape index (κ1) is 18.1. The van der Waals surface area contributed by atoms with Gasteiger partial charge >= 0.3 is 6.03 Å². The van der Waals surface area contributed by atoms with Gasteiger partial charge in [0.25, 0.3) is 5.91 Å². The van der Waals surface area contributed by atoms with Gasteiger partial charge in [0.2, 0.25) is 5.91 Å². The van der Waals surface area contributed by atoms with Crippen LogP contribution in [0.2, 0.25) is 0 Å². The number of urea groups is 1. The Bertz CT molecular complexity index is 908. The van der Waals surface area contributed by atoms with Crippen LogP contribution in [0.15, 0.2) is 53.5 Å². The molecule has 0 bridgehead atoms. The second-order valence-corrected chi connectivity index (χ2v) is 5.62. The summed E-state index contributed by atoms with van der Waals surface area (Å²) in [6.45, 7) is 0. The average molecular weight is 367 g/mol. The van der Waals surface area contributed by atoms with Gasteiger partial charge in [0.05, 0.1) is 25.6 Å². The van der Waals surface area contributed by atoms with Crippen LogP contribution in [0.3, 0.4) is 0 Å². The molecule has 0 aliphatic carbocycles. The predicted molar refractivity (Wildman–Crippen MR) is 98.7 cm³/mol. The van der Waals surface area contributed by atoms with E-state index in [1.807, 2.05) is 0 Å². The second-order valence-electron chi connectivity index (χ2n) is 5.62. The molecular formula is C19H17N3O5. The lowest BCUT2D eigenvalue weighted by atomic mass is 10.1. The van der Waals surface area contributed by atoms with Crippen molar-refractivity contribution in [2.45, 2.75) is 0 Å². The maximum Gasteiger partial charge on any atom is 0.335 e. The van der Waals surface area contributed by atoms with Crippen LogP contribution in [0, 0.1) is 5.92 Å². The molecule has 1 fully saturated rings. The number of carbonyl (C=O) groups is 3. The third kappa shape index (κ3) is 3.79. The normalized spacial score (nSPS) is 17.2. The van der Waals surface area contributed by atoms with Crippen LogP contribution in [0.25, 0.3) is 0 Å². The lowest BCUT2D eigenvalue weighted by molar-refractivity contribution is -0.131. The molecule has 0 unspecified atom stereocenters. The van der Waals surface area contributed by atoms with Crippen molar-refractivity contribution in [2.24, 2.45) is 10.9 Å². The van der Waals surface area contributed by atoms with Crippen molar-refractivity contribution < 1.29 is 23.9 Å². The number of rotatable bonds is 5. The van der Waals surface area contributed by atoms with Crippen LogP contribution >= 0.6 is 0 Å². The summed E-state index contributed by atoms with van der Waals surface area (Å²) in [5.74, 6) is -1.45. The summed E-state index contributed by atoms with van der Waals surface area (Å²) in [7, 11) is 3.04. The molecule has 1 N–H and O–H groups in total. The summed E-state index contributed by atoms with van der Waals surface area (Å²) in [4.78, 5) is 42.1. The number of hydrogen-bond acceptors (Lipinski definition) is 6. The van der Waals surface area contributed by atoms with Gasteiger partial charge in [0, 0.05) is 12.3 Å². The van der Waals surface area contributed by atoms with E-state index >= 15 is 0 Å². The number of methoxy groups -OCH3 is 2. The third-order valence-electron chi connectivity index (χ3n) is 3.96. The Balaban J connectivity index is 1.86. The van der Waals surface area contributed by atoms with Gasteiger partial charge in [-0.05, 0) is 36.4 Å². The number of ether oxygens (including phenoxy) is 2. The van der Waals surface area contributed by atoms with E-state index in [1.165, 1.54) is 20.4 Å². The molecule has 4 amide bonds. The molecule has 27 heavy (non-hydrogen) atoms. The van der Waals surface area contributed by atoms with Gasteiger partial charge in [-0.15, -0.1) is 0 Å². The average Bonchev–Trinajstić information content (AvgIpc) is 2.68. The zero-order chi connectivity index (χ0) is 19.4. The smallest absolute Gasteiger partial charge is 0.335 e. The molecule has 8 nitrogen and oxygen atoms in total. The molecule has 138 valence electrons. The van der Waals surface area contributed by atoms with E-state index in [9.17, 15) is 14.4 Å². The van der Waals surface area contributed by atoms with E-state index in [1.54, 1.807) is 48.5 Å². The Labute approximate surface area is 155 Å². The Morgan fingerprint density at radius 2 is 1.70 bits per heavy atom. The van der Waals surface area contributed by atoms with Crippen LogP contribution in [-0.4, -0.2) is 38.3 Å². The zero-order valence-electron chi connectivity index (χ0n) is 14.7. The molecule has 1 atom stereocenters. The largest absolute Gasteiger partial charge is 0.497 e. The summed E-state index contributed by atoms with van der Waals surface area (Å²) >= 11 is 0. The number of imide groups is 2. The quantitative estimate of drug-likeness (QED) is 0.646. The highest BCUT2D eigenvalue weighted by atomic mass is 16.5. The molecule has 8 heteroatoms. The lowest BCUT2D eigenvalue weighted by Crippen LogP contribution is -2.58. The monoisotopic (exact) mass is 367 g/mol. The molecule has 0 spiro atoms. The minimum Gasteiger partial charge on any atom is -0.497 e. The molecule has 1 saturated heterocycles. The summed E-state index contributed by atoms with van der Waals surface area (Å²) in [5.41, 5.74) is 0.841. The predicted octanol–water partition coefficient (Wildman–Crippen LogP) is 2.31. The molecule has 1 heterocycles. The van der Waals surface area contributed by atoms with Crippen molar-refractivity contribution in [3.05, 3.63) is 48.5 Å². The number of anilines is 1. The Morgan fingerprint density at radius 3 is 2.37 bits per heavy atom. The van der Waals surface area contributed by atoms with Crippen LogP contribution < -0.4 is 19.7 Å². The summed E-state index contributed by atoms with van der Waals surface area (Å²) in [5, 5.41) is 2.18. The van der Waals surface area contributed by atoms with E-state index < -0.39 is 23.8 Å². The molecule has 1 aliphatic rings. The highest BCUT2D eigenvalue weighted by Gasteiger charge is 2.40. The van der Waals surface area contributed by atoms with Gasteiger partial charge in [-0.25, -0.2) is 9.69 Å². The van der Waals surface area contributed by atoms with Gasteiger partial charge < -0.3 is 9.47 Å². The van der Waals surface area contributed by atoms with Gasteiger partial charge in [-0.3, -0.25) is 19.9 Å². The molecule has 0 radical (unpaired) electrons. The number of barbiturate groups is 1. The van der Waals surface area contributed by atoms with Crippen LogP contribution in [0.5, 0.6) is 11.5 Å². The first-order chi connectivity index (χ1) is 13.0. The first-order valence-electron chi connectivity index (χ1n) is 8.04. The minimum absolute atomic E-state index is 0.325.